The van der Waals surface area contributed by atoms with Crippen LogP contribution in [0.25, 0.3) is 0 Å². The molecule has 0 saturated carbocycles. The summed E-state index contributed by atoms with van der Waals surface area (Å²) in [6.07, 6.45) is 2.42. The van der Waals surface area contributed by atoms with Crippen molar-refractivity contribution in [2.24, 2.45) is 0 Å². The number of nitrogens with one attached hydrogen (secondary N) is 1. The van der Waals surface area contributed by atoms with Gasteiger partial charge in [-0.1, -0.05) is 13.3 Å². The molecule has 3 nitrogen and oxygen atoms in total. The Balaban J connectivity index is 2.31. The van der Waals surface area contributed by atoms with Crippen LogP contribution < -0.4 is 5.32 Å². The van der Waals surface area contributed by atoms with Crippen LogP contribution in [0.3, 0.4) is 0 Å². The summed E-state index contributed by atoms with van der Waals surface area (Å²) in [6, 6.07) is 0.436. The van der Waals surface area contributed by atoms with Crippen LogP contribution in [0.2, 0.25) is 0 Å². The van der Waals surface area contributed by atoms with Crippen LogP contribution in [-0.4, -0.2) is 47.5 Å². The summed E-state index contributed by atoms with van der Waals surface area (Å²) < 4.78 is 0. The quantitative estimate of drug-likeness (QED) is 0.748. The molecule has 0 aromatic carbocycles. The molecule has 4 heteroatoms. The highest BCUT2D eigenvalue weighted by Crippen LogP contribution is 2.16. The first-order valence-corrected chi connectivity index (χ1v) is 7.33. The second kappa shape index (κ2) is 7.17. The third-order valence-electron chi connectivity index (χ3n) is 2.89. The summed E-state index contributed by atoms with van der Waals surface area (Å²) in [4.78, 5) is 14.1. The van der Waals surface area contributed by atoms with E-state index in [1.165, 1.54) is 12.8 Å². The molecule has 1 N–H and O–H groups in total. The molecule has 0 aliphatic carbocycles. The second-order valence-electron chi connectivity index (χ2n) is 4.51. The summed E-state index contributed by atoms with van der Waals surface area (Å²) in [5, 5.41) is 3.48. The zero-order valence-corrected chi connectivity index (χ0v) is 11.5. The van der Waals surface area contributed by atoms with Crippen LogP contribution in [0.4, 0.5) is 0 Å². The zero-order valence-electron chi connectivity index (χ0n) is 10.7. The van der Waals surface area contributed by atoms with Crippen molar-refractivity contribution in [3.8, 4) is 0 Å². The lowest BCUT2D eigenvalue weighted by Gasteiger charge is -2.33. The number of carbonyl (C=O) groups excluding carboxylic acids is 1. The van der Waals surface area contributed by atoms with Crippen LogP contribution in [0, 0.1) is 0 Å². The molecule has 94 valence electrons. The van der Waals surface area contributed by atoms with Gasteiger partial charge >= 0.3 is 0 Å². The summed E-state index contributed by atoms with van der Waals surface area (Å²) in [5.41, 5.74) is 0. The van der Waals surface area contributed by atoms with Crippen molar-refractivity contribution in [1.82, 2.24) is 10.2 Å². The van der Waals surface area contributed by atoms with Crippen LogP contribution in [0.5, 0.6) is 0 Å². The molecule has 1 aliphatic heterocycles. The van der Waals surface area contributed by atoms with Gasteiger partial charge in [-0.25, -0.2) is 0 Å². The maximum atomic E-state index is 12.1. The Morgan fingerprint density at radius 3 is 3.00 bits per heavy atom. The first-order valence-electron chi connectivity index (χ1n) is 6.29. The molecule has 1 rings (SSSR count). The molecule has 1 heterocycles. The third-order valence-corrected chi connectivity index (χ3v) is 4.12. The van der Waals surface area contributed by atoms with E-state index in [0.29, 0.717) is 11.9 Å². The molecule has 0 aromatic heterocycles. The van der Waals surface area contributed by atoms with Gasteiger partial charge in [0.25, 0.3) is 0 Å². The topological polar surface area (TPSA) is 32.3 Å². The lowest BCUT2D eigenvalue weighted by molar-refractivity contribution is -0.131. The van der Waals surface area contributed by atoms with Gasteiger partial charge in [0.1, 0.15) is 0 Å². The first-order chi connectivity index (χ1) is 7.65. The molecule has 1 amide bonds. The van der Waals surface area contributed by atoms with Crippen LogP contribution in [-0.2, 0) is 4.79 Å². The smallest absolute Gasteiger partial charge is 0.235 e. The van der Waals surface area contributed by atoms with E-state index in [4.69, 9.17) is 0 Å². The summed E-state index contributed by atoms with van der Waals surface area (Å²) in [6.45, 7) is 9.01. The first kappa shape index (κ1) is 13.8. The Morgan fingerprint density at radius 1 is 1.62 bits per heavy atom. The molecular formula is C12H24N2OS. The maximum absolute atomic E-state index is 12.1. The number of piperazine rings is 1. The number of hydrogen-bond donors (Lipinski definition) is 1. The van der Waals surface area contributed by atoms with Crippen molar-refractivity contribution in [1.29, 1.82) is 0 Å². The minimum absolute atomic E-state index is 0.122. The van der Waals surface area contributed by atoms with Crippen molar-refractivity contribution >= 4 is 17.7 Å². The number of carbonyl (C=O) groups is 1. The van der Waals surface area contributed by atoms with Gasteiger partial charge in [-0.15, -0.1) is 11.8 Å². The van der Waals surface area contributed by atoms with E-state index in [-0.39, 0.29) is 5.25 Å². The maximum Gasteiger partial charge on any atom is 0.235 e. The zero-order chi connectivity index (χ0) is 12.0. The van der Waals surface area contributed by atoms with Gasteiger partial charge in [0.15, 0.2) is 0 Å². The fraction of sp³-hybridized carbons (Fsp3) is 0.917. The van der Waals surface area contributed by atoms with Gasteiger partial charge in [-0.2, -0.15) is 0 Å². The van der Waals surface area contributed by atoms with Gasteiger partial charge in [-0.3, -0.25) is 4.79 Å². The number of rotatable bonds is 5. The monoisotopic (exact) mass is 244 g/mol. The lowest BCUT2D eigenvalue weighted by atomic mass is 10.2. The number of nitrogens with zero attached hydrogens (tertiary/aromatic N) is 1. The average molecular weight is 244 g/mol. The highest BCUT2D eigenvalue weighted by Gasteiger charge is 2.24. The predicted octanol–water partition coefficient (Wildman–Crippen LogP) is 1.73. The summed E-state index contributed by atoms with van der Waals surface area (Å²) >= 11 is 1.79. The Labute approximate surface area is 103 Å². The highest BCUT2D eigenvalue weighted by molar-refractivity contribution is 8.00. The molecule has 1 aliphatic rings. The molecule has 0 aromatic rings. The van der Waals surface area contributed by atoms with Crippen molar-refractivity contribution in [2.75, 3.05) is 25.4 Å². The molecule has 16 heavy (non-hydrogen) atoms. The van der Waals surface area contributed by atoms with Crippen molar-refractivity contribution < 1.29 is 4.79 Å². The van der Waals surface area contributed by atoms with Gasteiger partial charge in [0.2, 0.25) is 5.91 Å². The molecule has 0 bridgehead atoms. The van der Waals surface area contributed by atoms with Crippen LogP contribution in [0.15, 0.2) is 0 Å². The SMILES string of the molecule is CCCCSC(C)C(=O)N1CCNC(C)C1. The predicted molar refractivity (Wildman–Crippen MR) is 70.9 cm³/mol. The average Bonchev–Trinajstić information content (AvgIpc) is 2.28. The minimum Gasteiger partial charge on any atom is -0.339 e. The van der Waals surface area contributed by atoms with Gasteiger partial charge in [0, 0.05) is 25.7 Å². The van der Waals surface area contributed by atoms with E-state index in [0.717, 1.165) is 25.4 Å². The van der Waals surface area contributed by atoms with E-state index < -0.39 is 0 Å². The Hall–Kier alpha value is -0.220. The Kier molecular flexibility index (Phi) is 6.21. The second-order valence-corrected chi connectivity index (χ2v) is 5.95. The molecule has 2 atom stereocenters. The van der Waals surface area contributed by atoms with Gasteiger partial charge in [-0.05, 0) is 26.0 Å². The number of thioether (sulfide) groups is 1. The van der Waals surface area contributed by atoms with Gasteiger partial charge in [0.05, 0.1) is 5.25 Å². The van der Waals surface area contributed by atoms with E-state index >= 15 is 0 Å². The van der Waals surface area contributed by atoms with E-state index in [9.17, 15) is 4.79 Å². The van der Waals surface area contributed by atoms with Gasteiger partial charge < -0.3 is 10.2 Å². The number of unbranched alkanes of at least 4 members (excludes halogenated alkanes) is 1. The molecule has 2 unspecified atom stereocenters. The van der Waals surface area contributed by atoms with E-state index in [1.54, 1.807) is 11.8 Å². The van der Waals surface area contributed by atoms with Crippen molar-refractivity contribution in [3.63, 3.8) is 0 Å². The number of amides is 1. The minimum atomic E-state index is 0.122. The summed E-state index contributed by atoms with van der Waals surface area (Å²) in [7, 11) is 0. The van der Waals surface area contributed by atoms with Crippen LogP contribution in [0.1, 0.15) is 33.6 Å². The highest BCUT2D eigenvalue weighted by atomic mass is 32.2. The Bertz CT molecular complexity index is 223. The molecule has 1 fully saturated rings. The van der Waals surface area contributed by atoms with E-state index in [2.05, 4.69) is 19.2 Å². The Morgan fingerprint density at radius 2 is 2.38 bits per heavy atom. The molecule has 1 saturated heterocycles. The number of hydrogen-bond acceptors (Lipinski definition) is 3. The summed E-state index contributed by atoms with van der Waals surface area (Å²) in [5.74, 6) is 1.42. The fourth-order valence-corrected chi connectivity index (χ4v) is 2.97. The van der Waals surface area contributed by atoms with E-state index in [1.807, 2.05) is 11.8 Å². The molecular weight excluding hydrogens is 220 g/mol. The van der Waals surface area contributed by atoms with Crippen molar-refractivity contribution in [2.45, 2.75) is 44.9 Å². The lowest BCUT2D eigenvalue weighted by Crippen LogP contribution is -2.53. The van der Waals surface area contributed by atoms with Crippen LogP contribution >= 0.6 is 11.8 Å². The van der Waals surface area contributed by atoms with Crippen molar-refractivity contribution in [3.05, 3.63) is 0 Å². The normalized spacial score (nSPS) is 23.2. The largest absolute Gasteiger partial charge is 0.339 e. The fourth-order valence-electron chi connectivity index (χ4n) is 1.87. The standard InChI is InChI=1S/C12H24N2OS/c1-4-5-8-16-11(3)12(15)14-7-6-13-10(2)9-14/h10-11,13H,4-9H2,1-3H3. The molecule has 0 radical (unpaired) electrons. The third kappa shape index (κ3) is 4.34. The molecule has 0 spiro atoms.